The normalized spacial score (nSPS) is 13.8. The average Bonchev–Trinajstić information content (AvgIpc) is 0.741. The van der Waals surface area contributed by atoms with E-state index in [1.807, 2.05) is 12.1 Å². The molecule has 18 rings (SSSR count). The Kier molecular flexibility index (Phi) is 13.1. The highest BCUT2D eigenvalue weighted by molar-refractivity contribution is 6.99. The lowest BCUT2D eigenvalue weighted by Gasteiger charge is -2.41. The Balaban J connectivity index is 0.961. The molecule has 13 aromatic carbocycles. The van der Waals surface area contributed by atoms with Gasteiger partial charge in [0.15, 0.2) is 0 Å². The quantitative estimate of drug-likeness (QED) is 0.149. The van der Waals surface area contributed by atoms with Gasteiger partial charge in [-0.05, 0) is 186 Å². The first kappa shape index (κ1) is 58.8. The number of anilines is 3. The van der Waals surface area contributed by atoms with Crippen LogP contribution in [0.3, 0.4) is 0 Å². The molecule has 0 unspecified atom stereocenters. The van der Waals surface area contributed by atoms with Crippen LogP contribution in [0, 0.1) is 6.85 Å². The van der Waals surface area contributed by atoms with E-state index in [9.17, 15) is 4.11 Å². The maximum absolute atomic E-state index is 9.50. The Morgan fingerprint density at radius 1 is 0.317 bits per heavy atom. The Bertz CT molecular complexity index is 6080. The van der Waals surface area contributed by atoms with Crippen LogP contribution in [-0.4, -0.2) is 20.4 Å². The van der Waals surface area contributed by atoms with Crippen LogP contribution >= 0.6 is 0 Å². The third kappa shape index (κ3) is 9.87. The van der Waals surface area contributed by atoms with Gasteiger partial charge in [-0.25, -0.2) is 0 Å². The van der Waals surface area contributed by atoms with E-state index in [2.05, 4.69) is 356 Å². The van der Waals surface area contributed by atoms with Crippen molar-refractivity contribution in [2.75, 3.05) is 4.90 Å². The first-order valence-corrected chi connectivity index (χ1v) is 35.8. The summed E-state index contributed by atoms with van der Waals surface area (Å²) < 4.78 is 43.4. The van der Waals surface area contributed by atoms with Gasteiger partial charge in [-0.15, -0.1) is 0 Å². The van der Waals surface area contributed by atoms with Gasteiger partial charge in [0.25, 0.3) is 6.71 Å². The fourth-order valence-electron chi connectivity index (χ4n) is 16.7. The molecule has 0 bridgehead atoms. The number of fused-ring (bicyclic) bond motifs is 13. The summed E-state index contributed by atoms with van der Waals surface area (Å²) in [7, 11) is 0. The first-order chi connectivity index (χ1) is 49.8. The van der Waals surface area contributed by atoms with Crippen molar-refractivity contribution in [3.63, 3.8) is 0 Å². The minimum Gasteiger partial charge on any atom is -0.458 e. The lowest BCUT2D eigenvalue weighted by atomic mass is 9.34. The summed E-state index contributed by atoms with van der Waals surface area (Å²) >= 11 is 0. The fraction of sp³-hybridized carbons (Fsp3) is 0.179. The Labute approximate surface area is 597 Å². The highest BCUT2D eigenvalue weighted by atomic mass is 16.5. The molecular weight excluding hydrogens is 1220 g/mol. The first-order valence-electron chi connectivity index (χ1n) is 37.3. The molecule has 2 aliphatic heterocycles. The number of aryl methyl sites for hydroxylation is 1. The molecule has 0 amide bonds. The third-order valence-corrected chi connectivity index (χ3v) is 21.8. The molecule has 101 heavy (non-hydrogen) atoms. The highest BCUT2D eigenvalue weighted by Gasteiger charge is 2.44. The van der Waals surface area contributed by atoms with Crippen LogP contribution in [0.1, 0.15) is 115 Å². The zero-order valence-electron chi connectivity index (χ0n) is 62.7. The topological polar surface area (TPSA) is 27.3 Å². The van der Waals surface area contributed by atoms with Crippen molar-refractivity contribution >= 4 is 106 Å². The maximum Gasteiger partial charge on any atom is 0.256 e. The Morgan fingerprint density at radius 3 is 1.42 bits per heavy atom. The minimum absolute atomic E-state index is 0.0552. The summed E-state index contributed by atoms with van der Waals surface area (Å²) in [5.74, 6) is 1.59. The molecule has 0 fully saturated rings. The van der Waals surface area contributed by atoms with Crippen LogP contribution in [0.2, 0.25) is 0 Å². The molecule has 0 N–H and O–H groups in total. The number of hydrogen-bond donors (Lipinski definition) is 0. The molecular formula is C95H83BN4O. The van der Waals surface area contributed by atoms with Gasteiger partial charge in [-0.3, -0.25) is 0 Å². The van der Waals surface area contributed by atoms with Gasteiger partial charge in [-0.1, -0.05) is 253 Å². The summed E-state index contributed by atoms with van der Waals surface area (Å²) in [6.45, 7) is 24.8. The average molecular weight is 1310 g/mol. The zero-order valence-corrected chi connectivity index (χ0v) is 59.7. The largest absolute Gasteiger partial charge is 0.458 e. The van der Waals surface area contributed by atoms with Crippen molar-refractivity contribution in [1.82, 2.24) is 13.7 Å². The van der Waals surface area contributed by atoms with Crippen molar-refractivity contribution in [2.45, 2.75) is 112 Å². The number of para-hydroxylation sites is 5. The smallest absolute Gasteiger partial charge is 0.256 e. The van der Waals surface area contributed by atoms with Crippen molar-refractivity contribution in [3.05, 3.63) is 295 Å². The third-order valence-electron chi connectivity index (χ3n) is 21.8. The second kappa shape index (κ2) is 22.5. The Morgan fingerprint density at radius 2 is 0.832 bits per heavy atom. The molecule has 0 spiro atoms. The van der Waals surface area contributed by atoms with E-state index in [1.54, 1.807) is 0 Å². The van der Waals surface area contributed by atoms with Gasteiger partial charge in [0.2, 0.25) is 0 Å². The molecule has 3 aromatic heterocycles. The number of ether oxygens (including phenoxy) is 1. The molecule has 0 atom stereocenters. The van der Waals surface area contributed by atoms with Gasteiger partial charge in [0.05, 0.1) is 50.2 Å². The van der Waals surface area contributed by atoms with Crippen LogP contribution < -0.4 is 26.0 Å². The molecule has 6 heteroatoms. The van der Waals surface area contributed by atoms with Gasteiger partial charge in [-0.2, -0.15) is 0 Å². The number of hydrogen-bond acceptors (Lipinski definition) is 2. The second-order valence-corrected chi connectivity index (χ2v) is 32.3. The van der Waals surface area contributed by atoms with E-state index in [4.69, 9.17) is 4.74 Å². The molecule has 0 saturated carbocycles. The molecule has 5 heterocycles. The van der Waals surface area contributed by atoms with Crippen molar-refractivity contribution in [2.24, 2.45) is 0 Å². The van der Waals surface area contributed by atoms with Gasteiger partial charge in [0, 0.05) is 70.7 Å². The second-order valence-electron chi connectivity index (χ2n) is 32.3. The van der Waals surface area contributed by atoms with Crippen LogP contribution in [-0.2, 0) is 21.7 Å². The van der Waals surface area contributed by atoms with Gasteiger partial charge >= 0.3 is 0 Å². The molecule has 492 valence electrons. The molecule has 2 aliphatic rings. The van der Waals surface area contributed by atoms with Crippen molar-refractivity contribution < 1.29 is 8.85 Å². The number of aromatic nitrogens is 3. The summed E-state index contributed by atoms with van der Waals surface area (Å²) in [6.07, 6.45) is 0. The fourth-order valence-corrected chi connectivity index (χ4v) is 16.7. The van der Waals surface area contributed by atoms with Crippen LogP contribution in [0.5, 0.6) is 11.5 Å². The minimum atomic E-state index is -2.51. The maximum atomic E-state index is 9.50. The van der Waals surface area contributed by atoms with Crippen LogP contribution in [0.4, 0.5) is 17.1 Å². The summed E-state index contributed by atoms with van der Waals surface area (Å²) in [6, 6.07) is 97.6. The van der Waals surface area contributed by atoms with Gasteiger partial charge in [0.1, 0.15) is 11.5 Å². The predicted octanol–water partition coefficient (Wildman–Crippen LogP) is 23.9. The van der Waals surface area contributed by atoms with E-state index >= 15 is 0 Å². The molecule has 16 aromatic rings. The Hall–Kier alpha value is -11.1. The van der Waals surface area contributed by atoms with E-state index < -0.39 is 6.85 Å². The monoisotopic (exact) mass is 1310 g/mol. The predicted molar refractivity (Wildman–Crippen MR) is 431 cm³/mol. The molecule has 5 nitrogen and oxygen atoms in total. The number of nitrogens with zero attached hydrogens (tertiary/aromatic N) is 4. The van der Waals surface area contributed by atoms with Crippen molar-refractivity contribution in [3.8, 4) is 61.9 Å². The SMILES string of the molecule is [2H]C([2H])([2H])c1cc(-c2ccc3c(c2)N(c2ccccc2-c2ccccc2)c2cc(-c4ccc(C(C)(C)C)cc4C(C)(C)C)cc4c2B3c2ccc(-n3c5ccc(C(C)(C)C)cc5c5cc(C(C)(C)C)ccc53)cc2O4)c(-n2c3ccccc3c3ccccc32)c(-n2c3ccccc3c3ccccc32)c1. The number of rotatable bonds is 7. The lowest BCUT2D eigenvalue weighted by Crippen LogP contribution is -2.59. The van der Waals surface area contributed by atoms with E-state index in [0.29, 0.717) is 0 Å². The highest BCUT2D eigenvalue weighted by Crippen LogP contribution is 2.51. The number of benzene rings is 13. The van der Waals surface area contributed by atoms with Crippen molar-refractivity contribution in [1.29, 1.82) is 0 Å². The zero-order chi connectivity index (χ0) is 71.8. The molecule has 0 saturated heterocycles. The van der Waals surface area contributed by atoms with Gasteiger partial charge < -0.3 is 23.3 Å². The van der Waals surface area contributed by atoms with E-state index in [0.717, 1.165) is 150 Å². The van der Waals surface area contributed by atoms with Crippen LogP contribution in [0.25, 0.3) is 116 Å². The van der Waals surface area contributed by atoms with Crippen LogP contribution in [0.15, 0.2) is 267 Å². The summed E-state index contributed by atoms with van der Waals surface area (Å²) in [5, 5.41) is 6.82. The standard InChI is InChI=1S/C95H83BN4O/c1-58-49-72(91(100-81-37-25-20-32-70(81)71-33-21-26-38-82(71)100)87(50-58)98-79-35-23-18-30-68(79)69-31-19-24-36-80(69)98)60-39-45-76-85(51-60)99(78-34-22-17-29-67(78)59-27-15-14-16-28-59)86-52-61(66-44-40-64(94(8,9)10)56-75(66)95(11,12)13)53-89-90(86)96(76)77-46-43-65(57-88(77)101-89)97-83-47-41-62(92(2,3)4)54-73(83)74-55-63(93(5,6)7)42-48-84(74)97/h14-57H,1-13H3/i1D3. The summed E-state index contributed by atoms with van der Waals surface area (Å²) in [5.41, 5.74) is 26.0. The molecule has 0 aliphatic carbocycles. The lowest BCUT2D eigenvalue weighted by molar-refractivity contribution is 0.487. The molecule has 0 radical (unpaired) electrons. The van der Waals surface area contributed by atoms with E-state index in [-0.39, 0.29) is 33.9 Å². The summed E-state index contributed by atoms with van der Waals surface area (Å²) in [4.78, 5) is 2.50. The van der Waals surface area contributed by atoms with E-state index in [1.165, 1.54) is 33.0 Å².